The largest absolute Gasteiger partial charge is 0.170 e. The van der Waals surface area contributed by atoms with Crippen LogP contribution in [0.2, 0.25) is 0 Å². The van der Waals surface area contributed by atoms with Crippen molar-refractivity contribution < 1.29 is 0 Å². The van der Waals surface area contributed by atoms with E-state index >= 15 is 0 Å². The molecule has 1 rings (SSSR count). The van der Waals surface area contributed by atoms with E-state index in [0.717, 1.165) is 0 Å². The molecule has 0 aliphatic heterocycles. The fraction of sp³-hybridized carbons (Fsp3) is 1.00. The molecule has 0 aromatic carbocycles. The lowest BCUT2D eigenvalue weighted by atomic mass is 10.2. The van der Waals surface area contributed by atoms with Crippen molar-refractivity contribution in [2.75, 3.05) is 0 Å². The number of hydrogen-bond acceptors (Lipinski definition) is 0. The van der Waals surface area contributed by atoms with Crippen molar-refractivity contribution in [3.8, 4) is 0 Å². The highest BCUT2D eigenvalue weighted by Crippen LogP contribution is 2.56. The molecule has 1 aliphatic rings. The SMILES string of the molecule is CC1C(C)C1C(Cl)C(Cl)(Br)Br. The van der Waals surface area contributed by atoms with Crippen LogP contribution in [0.1, 0.15) is 13.8 Å². The second-order valence-electron chi connectivity index (χ2n) is 3.24. The van der Waals surface area contributed by atoms with Crippen LogP contribution < -0.4 is 0 Å². The molecule has 0 heterocycles. The predicted octanol–water partition coefficient (Wildman–Crippen LogP) is 4.18. The van der Waals surface area contributed by atoms with Crippen molar-refractivity contribution >= 4 is 55.1 Å². The molecular weight excluding hydrogens is 315 g/mol. The van der Waals surface area contributed by atoms with Gasteiger partial charge in [-0.1, -0.05) is 57.3 Å². The van der Waals surface area contributed by atoms with Crippen molar-refractivity contribution in [2.45, 2.75) is 21.9 Å². The molecule has 4 heteroatoms. The third kappa shape index (κ3) is 2.26. The molecule has 0 bridgehead atoms. The van der Waals surface area contributed by atoms with Crippen LogP contribution in [-0.2, 0) is 0 Å². The topological polar surface area (TPSA) is 0 Å². The maximum absolute atomic E-state index is 6.12. The second-order valence-corrected chi connectivity index (χ2v) is 8.78. The van der Waals surface area contributed by atoms with Gasteiger partial charge in [0.05, 0.1) is 5.38 Å². The molecule has 1 aliphatic carbocycles. The number of alkyl halides is 4. The smallest absolute Gasteiger partial charge is 0.119 e. The molecule has 11 heavy (non-hydrogen) atoms. The lowest BCUT2D eigenvalue weighted by Gasteiger charge is -2.18. The first-order valence-corrected chi connectivity index (χ1v) is 5.96. The Labute approximate surface area is 94.3 Å². The minimum Gasteiger partial charge on any atom is -0.119 e. The monoisotopic (exact) mass is 322 g/mol. The Morgan fingerprint density at radius 2 is 1.64 bits per heavy atom. The Hall–Kier alpha value is 1.54. The summed E-state index contributed by atoms with van der Waals surface area (Å²) in [5.41, 5.74) is 0. The Balaban J connectivity index is 2.51. The van der Waals surface area contributed by atoms with Crippen LogP contribution in [0.4, 0.5) is 0 Å². The van der Waals surface area contributed by atoms with Crippen molar-refractivity contribution in [2.24, 2.45) is 17.8 Å². The molecule has 0 aromatic rings. The first-order valence-electron chi connectivity index (χ1n) is 3.56. The van der Waals surface area contributed by atoms with Gasteiger partial charge in [0, 0.05) is 0 Å². The lowest BCUT2D eigenvalue weighted by Crippen LogP contribution is -2.21. The van der Waals surface area contributed by atoms with Gasteiger partial charge in [0.2, 0.25) is 0 Å². The van der Waals surface area contributed by atoms with Gasteiger partial charge in [-0.05, 0) is 17.8 Å². The zero-order valence-electron chi connectivity index (χ0n) is 6.32. The highest BCUT2D eigenvalue weighted by atomic mass is 79.9. The zero-order valence-corrected chi connectivity index (χ0v) is 11.0. The first-order chi connectivity index (χ1) is 4.85. The van der Waals surface area contributed by atoms with Crippen LogP contribution in [0.15, 0.2) is 0 Å². The summed E-state index contributed by atoms with van der Waals surface area (Å²) in [5, 5.41) is -0.0471. The van der Waals surface area contributed by atoms with E-state index in [9.17, 15) is 0 Å². The molecule has 0 saturated heterocycles. The van der Waals surface area contributed by atoms with Gasteiger partial charge in [0.25, 0.3) is 0 Å². The van der Waals surface area contributed by atoms with Gasteiger partial charge in [0.1, 0.15) is 0 Å². The van der Waals surface area contributed by atoms with E-state index in [2.05, 4.69) is 45.7 Å². The van der Waals surface area contributed by atoms with Gasteiger partial charge < -0.3 is 0 Å². The molecule has 0 nitrogen and oxygen atoms in total. The lowest BCUT2D eigenvalue weighted by molar-refractivity contribution is 0.696. The molecule has 66 valence electrons. The van der Waals surface area contributed by atoms with Gasteiger partial charge in [0.15, 0.2) is 2.69 Å². The summed E-state index contributed by atoms with van der Waals surface area (Å²) in [6.07, 6.45) is 0. The highest BCUT2D eigenvalue weighted by Gasteiger charge is 2.52. The minimum absolute atomic E-state index is 0.0471. The summed E-state index contributed by atoms with van der Waals surface area (Å²) < 4.78 is -0.634. The van der Waals surface area contributed by atoms with Gasteiger partial charge in [-0.3, -0.25) is 0 Å². The standard InChI is InChI=1S/C7H10Br2Cl2/c1-3-4(2)5(3)6(10)7(8,9)11/h3-6H,1-2H3. The molecule has 0 radical (unpaired) electrons. The molecular formula is C7H10Br2Cl2. The van der Waals surface area contributed by atoms with E-state index in [-0.39, 0.29) is 5.38 Å². The predicted molar refractivity (Wildman–Crippen MR) is 57.9 cm³/mol. The number of hydrogen-bond donors (Lipinski definition) is 0. The van der Waals surface area contributed by atoms with Crippen LogP contribution >= 0.6 is 55.1 Å². The Morgan fingerprint density at radius 3 is 1.73 bits per heavy atom. The number of rotatable bonds is 2. The summed E-state index contributed by atoms with van der Waals surface area (Å²) in [7, 11) is 0. The third-order valence-electron chi connectivity index (χ3n) is 2.55. The molecule has 3 unspecified atom stereocenters. The average molecular weight is 325 g/mol. The fourth-order valence-corrected chi connectivity index (χ4v) is 2.67. The van der Waals surface area contributed by atoms with Crippen LogP contribution in [0.3, 0.4) is 0 Å². The zero-order chi connectivity index (χ0) is 8.81. The first kappa shape index (κ1) is 10.6. The Kier molecular flexibility index (Phi) is 3.24. The fourth-order valence-electron chi connectivity index (χ4n) is 1.45. The summed E-state index contributed by atoms with van der Waals surface area (Å²) in [4.78, 5) is 0. The summed E-state index contributed by atoms with van der Waals surface area (Å²) in [6.45, 7) is 4.40. The van der Waals surface area contributed by atoms with Crippen molar-refractivity contribution in [3.63, 3.8) is 0 Å². The van der Waals surface area contributed by atoms with E-state index < -0.39 is 2.69 Å². The van der Waals surface area contributed by atoms with Crippen LogP contribution in [0, 0.1) is 17.8 Å². The highest BCUT2D eigenvalue weighted by molar-refractivity contribution is 9.26. The van der Waals surface area contributed by atoms with Crippen LogP contribution in [-0.4, -0.2) is 8.07 Å². The quantitative estimate of drug-likeness (QED) is 0.668. The van der Waals surface area contributed by atoms with Crippen molar-refractivity contribution in [1.82, 2.24) is 0 Å². The third-order valence-corrected chi connectivity index (χ3v) is 5.03. The summed E-state index contributed by atoms with van der Waals surface area (Å²) in [5.74, 6) is 1.93. The van der Waals surface area contributed by atoms with Gasteiger partial charge in [-0.2, -0.15) is 0 Å². The van der Waals surface area contributed by atoms with Gasteiger partial charge in [-0.15, -0.1) is 11.6 Å². The normalized spacial score (nSPS) is 40.4. The molecule has 0 amide bonds. The van der Waals surface area contributed by atoms with E-state index in [1.807, 2.05) is 0 Å². The minimum atomic E-state index is -0.634. The molecule has 0 aromatic heterocycles. The maximum Gasteiger partial charge on any atom is 0.170 e. The summed E-state index contributed by atoms with van der Waals surface area (Å²) >= 11 is 18.6. The van der Waals surface area contributed by atoms with E-state index in [1.165, 1.54) is 0 Å². The molecule has 0 spiro atoms. The molecule has 1 fully saturated rings. The van der Waals surface area contributed by atoms with Crippen molar-refractivity contribution in [1.29, 1.82) is 0 Å². The molecule has 3 atom stereocenters. The Bertz CT molecular complexity index is 147. The Morgan fingerprint density at radius 1 is 1.27 bits per heavy atom. The molecule has 0 N–H and O–H groups in total. The molecule has 1 saturated carbocycles. The average Bonchev–Trinajstić information content (AvgIpc) is 2.38. The van der Waals surface area contributed by atoms with E-state index in [1.54, 1.807) is 0 Å². The van der Waals surface area contributed by atoms with E-state index in [0.29, 0.717) is 17.8 Å². The second kappa shape index (κ2) is 3.36. The van der Waals surface area contributed by atoms with Crippen molar-refractivity contribution in [3.05, 3.63) is 0 Å². The van der Waals surface area contributed by atoms with Crippen LogP contribution in [0.25, 0.3) is 0 Å². The number of halogens is 4. The maximum atomic E-state index is 6.12. The van der Waals surface area contributed by atoms with Crippen LogP contribution in [0.5, 0.6) is 0 Å². The van der Waals surface area contributed by atoms with E-state index in [4.69, 9.17) is 23.2 Å². The van der Waals surface area contributed by atoms with Gasteiger partial charge in [-0.25, -0.2) is 0 Å². The summed E-state index contributed by atoms with van der Waals surface area (Å²) in [6, 6.07) is 0. The van der Waals surface area contributed by atoms with Gasteiger partial charge >= 0.3 is 0 Å².